The largest absolute Gasteiger partial charge is 0.508 e. The van der Waals surface area contributed by atoms with Crippen molar-refractivity contribution in [2.24, 2.45) is 0 Å². The van der Waals surface area contributed by atoms with Crippen LogP contribution >= 0.6 is 0 Å². The fraction of sp³-hybridized carbons (Fsp3) is 0.250. The standard InChI is InChI=1S/C20H20N2O6/c1-3-28-20(25)19-12(2)21(17-9-8-15(23)10-16(17)19)11-18(24)13-4-6-14(7-5-13)22(26)27/h4-10,18,23-24H,3,11H2,1-2H3/t18-/m1/s1. The number of esters is 1. The monoisotopic (exact) mass is 384 g/mol. The first-order valence-electron chi connectivity index (χ1n) is 8.74. The Morgan fingerprint density at radius 2 is 1.93 bits per heavy atom. The molecule has 1 heterocycles. The molecule has 0 aliphatic heterocycles. The minimum atomic E-state index is -0.945. The third-order valence-corrected chi connectivity index (χ3v) is 4.63. The molecule has 0 amide bonds. The van der Waals surface area contributed by atoms with Crippen molar-refractivity contribution in [3.8, 4) is 5.75 Å². The molecule has 0 unspecified atom stereocenters. The Bertz CT molecular complexity index is 1040. The number of nitro benzene ring substituents is 1. The lowest BCUT2D eigenvalue weighted by atomic mass is 10.1. The van der Waals surface area contributed by atoms with Gasteiger partial charge in [0.1, 0.15) is 5.75 Å². The highest BCUT2D eigenvalue weighted by Gasteiger charge is 2.23. The van der Waals surface area contributed by atoms with Gasteiger partial charge in [-0.3, -0.25) is 10.1 Å². The molecule has 0 saturated heterocycles. The molecule has 28 heavy (non-hydrogen) atoms. The van der Waals surface area contributed by atoms with Crippen molar-refractivity contribution in [3.05, 3.63) is 69.4 Å². The maximum atomic E-state index is 12.4. The second kappa shape index (κ2) is 7.69. The van der Waals surface area contributed by atoms with Gasteiger partial charge in [-0.05, 0) is 49.7 Å². The molecule has 1 aromatic heterocycles. The topological polar surface area (TPSA) is 115 Å². The van der Waals surface area contributed by atoms with Crippen LogP contribution in [0.5, 0.6) is 5.75 Å². The fourth-order valence-corrected chi connectivity index (χ4v) is 3.26. The molecule has 8 nitrogen and oxygen atoms in total. The molecule has 0 saturated carbocycles. The summed E-state index contributed by atoms with van der Waals surface area (Å²) in [4.78, 5) is 22.7. The van der Waals surface area contributed by atoms with Gasteiger partial charge >= 0.3 is 5.97 Å². The van der Waals surface area contributed by atoms with Crippen LogP contribution in [0, 0.1) is 17.0 Å². The first-order valence-corrected chi connectivity index (χ1v) is 8.74. The van der Waals surface area contributed by atoms with Crippen LogP contribution in [0.1, 0.15) is 34.6 Å². The Hall–Kier alpha value is -3.39. The summed E-state index contributed by atoms with van der Waals surface area (Å²) in [6.45, 7) is 3.80. The normalized spacial score (nSPS) is 12.1. The molecule has 0 radical (unpaired) electrons. The first-order chi connectivity index (χ1) is 13.3. The second-order valence-corrected chi connectivity index (χ2v) is 6.36. The number of nitro groups is 1. The summed E-state index contributed by atoms with van der Waals surface area (Å²) in [6, 6.07) is 10.3. The van der Waals surface area contributed by atoms with Crippen molar-refractivity contribution in [2.45, 2.75) is 26.5 Å². The SMILES string of the molecule is CCOC(=O)c1c(C)n(C[C@@H](O)c2ccc([N+](=O)[O-])cc2)c2ccc(O)cc12. The van der Waals surface area contributed by atoms with E-state index in [1.54, 1.807) is 24.5 Å². The van der Waals surface area contributed by atoms with Gasteiger partial charge in [0, 0.05) is 28.7 Å². The second-order valence-electron chi connectivity index (χ2n) is 6.36. The average molecular weight is 384 g/mol. The molecular weight excluding hydrogens is 364 g/mol. The number of ether oxygens (including phenoxy) is 1. The highest BCUT2D eigenvalue weighted by Crippen LogP contribution is 2.31. The quantitative estimate of drug-likeness (QED) is 0.382. The van der Waals surface area contributed by atoms with Crippen LogP contribution in [0.3, 0.4) is 0 Å². The zero-order valence-corrected chi connectivity index (χ0v) is 15.5. The highest BCUT2D eigenvalue weighted by atomic mass is 16.6. The number of aliphatic hydroxyl groups is 1. The zero-order valence-electron chi connectivity index (χ0n) is 15.5. The van der Waals surface area contributed by atoms with Crippen LogP contribution in [-0.4, -0.2) is 32.3 Å². The van der Waals surface area contributed by atoms with Gasteiger partial charge in [-0.25, -0.2) is 4.79 Å². The van der Waals surface area contributed by atoms with E-state index in [1.165, 1.54) is 36.4 Å². The number of carbonyl (C=O) groups is 1. The molecule has 146 valence electrons. The van der Waals surface area contributed by atoms with E-state index in [2.05, 4.69) is 0 Å². The number of aliphatic hydroxyl groups excluding tert-OH is 1. The van der Waals surface area contributed by atoms with E-state index in [4.69, 9.17) is 4.74 Å². The number of rotatable bonds is 6. The number of fused-ring (bicyclic) bond motifs is 1. The molecule has 0 aliphatic carbocycles. The van der Waals surface area contributed by atoms with Crippen molar-refractivity contribution in [3.63, 3.8) is 0 Å². The summed E-state index contributed by atoms with van der Waals surface area (Å²) in [5.74, 6) is -0.481. The lowest BCUT2D eigenvalue weighted by Crippen LogP contribution is -2.12. The summed E-state index contributed by atoms with van der Waals surface area (Å²) in [5.41, 5.74) is 2.06. The van der Waals surface area contributed by atoms with Gasteiger partial charge in [-0.15, -0.1) is 0 Å². The van der Waals surface area contributed by atoms with Crippen molar-refractivity contribution in [1.82, 2.24) is 4.57 Å². The molecule has 0 spiro atoms. The number of hydrogen-bond acceptors (Lipinski definition) is 6. The Morgan fingerprint density at radius 1 is 1.25 bits per heavy atom. The Labute approximate surface area is 160 Å². The molecule has 0 fully saturated rings. The van der Waals surface area contributed by atoms with Gasteiger partial charge in [-0.1, -0.05) is 0 Å². The summed E-state index contributed by atoms with van der Waals surface area (Å²) in [5, 5.41) is 31.8. The average Bonchev–Trinajstić information content (AvgIpc) is 2.93. The van der Waals surface area contributed by atoms with Crippen molar-refractivity contribution < 1.29 is 24.7 Å². The smallest absolute Gasteiger partial charge is 0.340 e. The Balaban J connectivity index is 2.01. The number of phenols is 1. The predicted octanol–water partition coefficient (Wildman–Crippen LogP) is 3.47. The van der Waals surface area contributed by atoms with Crippen LogP contribution in [0.4, 0.5) is 5.69 Å². The lowest BCUT2D eigenvalue weighted by molar-refractivity contribution is -0.384. The minimum Gasteiger partial charge on any atom is -0.508 e. The van der Waals surface area contributed by atoms with Crippen LogP contribution in [-0.2, 0) is 11.3 Å². The number of hydrogen-bond donors (Lipinski definition) is 2. The maximum absolute atomic E-state index is 12.4. The van der Waals surface area contributed by atoms with E-state index in [1.807, 2.05) is 0 Å². The van der Waals surface area contributed by atoms with E-state index >= 15 is 0 Å². The summed E-state index contributed by atoms with van der Waals surface area (Å²) in [6.07, 6.45) is -0.945. The third-order valence-electron chi connectivity index (χ3n) is 4.63. The van der Waals surface area contributed by atoms with Gasteiger partial charge in [0.25, 0.3) is 5.69 Å². The van der Waals surface area contributed by atoms with E-state index in [0.717, 1.165) is 0 Å². The molecule has 1 atom stereocenters. The van der Waals surface area contributed by atoms with Gasteiger partial charge in [0.05, 0.1) is 29.7 Å². The Kier molecular flexibility index (Phi) is 5.32. The zero-order chi connectivity index (χ0) is 20.4. The predicted molar refractivity (Wildman–Crippen MR) is 102 cm³/mol. The molecule has 2 aromatic carbocycles. The van der Waals surface area contributed by atoms with Gasteiger partial charge in [-0.2, -0.15) is 0 Å². The molecule has 2 N–H and O–H groups in total. The number of carbonyl (C=O) groups excluding carboxylic acids is 1. The van der Waals surface area contributed by atoms with Crippen molar-refractivity contribution in [1.29, 1.82) is 0 Å². The maximum Gasteiger partial charge on any atom is 0.340 e. The van der Waals surface area contributed by atoms with E-state index in [-0.39, 0.29) is 24.6 Å². The van der Waals surface area contributed by atoms with Crippen molar-refractivity contribution >= 4 is 22.6 Å². The van der Waals surface area contributed by atoms with Crippen LogP contribution in [0.2, 0.25) is 0 Å². The molecule has 3 rings (SSSR count). The van der Waals surface area contributed by atoms with E-state index in [0.29, 0.717) is 27.7 Å². The Morgan fingerprint density at radius 3 is 2.54 bits per heavy atom. The molecule has 8 heteroatoms. The van der Waals surface area contributed by atoms with Crippen LogP contribution in [0.15, 0.2) is 42.5 Å². The molecular formula is C20H20N2O6. The molecule has 3 aromatic rings. The van der Waals surface area contributed by atoms with Gasteiger partial charge in [0.15, 0.2) is 0 Å². The first kappa shape index (κ1) is 19.4. The third kappa shape index (κ3) is 3.54. The van der Waals surface area contributed by atoms with E-state index in [9.17, 15) is 25.1 Å². The van der Waals surface area contributed by atoms with Crippen LogP contribution in [0.25, 0.3) is 10.9 Å². The number of non-ortho nitro benzene ring substituents is 1. The number of aromatic hydroxyl groups is 1. The number of aromatic nitrogens is 1. The van der Waals surface area contributed by atoms with Crippen molar-refractivity contribution in [2.75, 3.05) is 6.61 Å². The number of nitrogens with zero attached hydrogens (tertiary/aromatic N) is 2. The van der Waals surface area contributed by atoms with E-state index < -0.39 is 17.0 Å². The summed E-state index contributed by atoms with van der Waals surface area (Å²) < 4.78 is 6.91. The van der Waals surface area contributed by atoms with Gasteiger partial charge < -0.3 is 19.5 Å². The van der Waals surface area contributed by atoms with Crippen LogP contribution < -0.4 is 0 Å². The van der Waals surface area contributed by atoms with Gasteiger partial charge in [0.2, 0.25) is 0 Å². The number of phenolic OH excluding ortho intramolecular Hbond substituents is 1. The molecule has 0 aliphatic rings. The summed E-state index contributed by atoms with van der Waals surface area (Å²) >= 11 is 0. The number of benzene rings is 2. The fourth-order valence-electron chi connectivity index (χ4n) is 3.26. The summed E-state index contributed by atoms with van der Waals surface area (Å²) in [7, 11) is 0. The minimum absolute atomic E-state index is 0.0196. The highest BCUT2D eigenvalue weighted by molar-refractivity contribution is 6.06. The molecule has 0 bridgehead atoms. The lowest BCUT2D eigenvalue weighted by Gasteiger charge is -2.15.